The lowest BCUT2D eigenvalue weighted by Crippen LogP contribution is -2.41. The average Bonchev–Trinajstić information content (AvgIpc) is 2.35. The van der Waals surface area contributed by atoms with Crippen LogP contribution in [0.25, 0.3) is 0 Å². The van der Waals surface area contributed by atoms with Gasteiger partial charge in [0, 0.05) is 18.3 Å². The van der Waals surface area contributed by atoms with Crippen LogP contribution in [0.5, 0.6) is 0 Å². The van der Waals surface area contributed by atoms with Gasteiger partial charge >= 0.3 is 0 Å². The maximum Gasteiger partial charge on any atom is 0.0643 e. The van der Waals surface area contributed by atoms with E-state index < -0.39 is 0 Å². The van der Waals surface area contributed by atoms with E-state index in [1.54, 1.807) is 0 Å². The van der Waals surface area contributed by atoms with Crippen LogP contribution < -0.4 is 4.90 Å². The molecule has 2 heteroatoms. The first kappa shape index (κ1) is 12.0. The fourth-order valence-electron chi connectivity index (χ4n) is 2.76. The molecule has 1 aromatic rings. The molecule has 0 radical (unpaired) electrons. The molecule has 2 atom stereocenters. The number of benzene rings is 1. The molecule has 0 fully saturated rings. The third-order valence-electron chi connectivity index (χ3n) is 3.62. The van der Waals surface area contributed by atoms with Gasteiger partial charge < -0.3 is 4.90 Å². The standard InChI is InChI=1S/C15H20N2/c1-3-14(8-9-16)17-11-12(2)10-13-6-4-5-7-15(13)17/h4-7,12,14H,3,8,10-11H2,1-2H3. The van der Waals surface area contributed by atoms with Crippen LogP contribution >= 0.6 is 0 Å². The molecule has 1 aliphatic heterocycles. The van der Waals surface area contributed by atoms with Crippen molar-refractivity contribution < 1.29 is 0 Å². The first-order chi connectivity index (χ1) is 8.26. The number of rotatable bonds is 3. The summed E-state index contributed by atoms with van der Waals surface area (Å²) in [5.74, 6) is 0.678. The van der Waals surface area contributed by atoms with E-state index in [9.17, 15) is 0 Å². The number of fused-ring (bicyclic) bond motifs is 1. The molecule has 0 aromatic heterocycles. The van der Waals surface area contributed by atoms with Gasteiger partial charge in [-0.1, -0.05) is 32.0 Å². The number of anilines is 1. The SMILES string of the molecule is CCC(CC#N)N1CC(C)Cc2ccccc21. The highest BCUT2D eigenvalue weighted by Gasteiger charge is 2.25. The van der Waals surface area contributed by atoms with Gasteiger partial charge in [0.2, 0.25) is 0 Å². The zero-order valence-corrected chi connectivity index (χ0v) is 10.7. The number of nitrogens with zero attached hydrogens (tertiary/aromatic N) is 2. The lowest BCUT2D eigenvalue weighted by atomic mass is 9.92. The van der Waals surface area contributed by atoms with E-state index in [-0.39, 0.29) is 0 Å². The Morgan fingerprint density at radius 2 is 2.24 bits per heavy atom. The molecule has 2 unspecified atom stereocenters. The maximum atomic E-state index is 8.94. The molecule has 0 saturated carbocycles. The molecule has 0 spiro atoms. The molecule has 0 amide bonds. The molecule has 0 saturated heterocycles. The minimum absolute atomic E-state index is 0.365. The molecule has 90 valence electrons. The summed E-state index contributed by atoms with van der Waals surface area (Å²) in [5.41, 5.74) is 2.77. The minimum atomic E-state index is 0.365. The fourth-order valence-corrected chi connectivity index (χ4v) is 2.76. The molecule has 1 heterocycles. The van der Waals surface area contributed by atoms with Gasteiger partial charge in [0.05, 0.1) is 12.5 Å². The lowest BCUT2D eigenvalue weighted by Gasteiger charge is -2.39. The smallest absolute Gasteiger partial charge is 0.0643 e. The summed E-state index contributed by atoms with van der Waals surface area (Å²) in [7, 11) is 0. The number of para-hydroxylation sites is 1. The van der Waals surface area contributed by atoms with Crippen LogP contribution in [-0.4, -0.2) is 12.6 Å². The Hall–Kier alpha value is -1.49. The molecular weight excluding hydrogens is 208 g/mol. The fraction of sp³-hybridized carbons (Fsp3) is 0.533. The third-order valence-corrected chi connectivity index (χ3v) is 3.62. The van der Waals surface area contributed by atoms with E-state index in [4.69, 9.17) is 5.26 Å². The molecule has 1 aliphatic rings. The summed E-state index contributed by atoms with van der Waals surface area (Å²) in [6, 6.07) is 11.3. The number of nitriles is 1. The predicted molar refractivity (Wildman–Crippen MR) is 71.0 cm³/mol. The van der Waals surface area contributed by atoms with Crippen molar-refractivity contribution in [2.24, 2.45) is 5.92 Å². The van der Waals surface area contributed by atoms with Gasteiger partial charge in [-0.05, 0) is 30.4 Å². The van der Waals surface area contributed by atoms with E-state index in [2.05, 4.69) is 49.1 Å². The zero-order chi connectivity index (χ0) is 12.3. The minimum Gasteiger partial charge on any atom is -0.367 e. The Kier molecular flexibility index (Phi) is 3.68. The van der Waals surface area contributed by atoms with Crippen molar-refractivity contribution in [3.63, 3.8) is 0 Å². The van der Waals surface area contributed by atoms with E-state index >= 15 is 0 Å². The van der Waals surface area contributed by atoms with Crippen LogP contribution in [-0.2, 0) is 6.42 Å². The van der Waals surface area contributed by atoms with Gasteiger partial charge in [-0.2, -0.15) is 5.26 Å². The van der Waals surface area contributed by atoms with Gasteiger partial charge in [-0.3, -0.25) is 0 Å². The summed E-state index contributed by atoms with van der Waals surface area (Å²) in [4.78, 5) is 2.44. The van der Waals surface area contributed by atoms with Gasteiger partial charge in [0.25, 0.3) is 0 Å². The number of hydrogen-bond acceptors (Lipinski definition) is 2. The van der Waals surface area contributed by atoms with Crippen molar-refractivity contribution in [2.45, 2.75) is 39.2 Å². The normalized spacial score (nSPS) is 20.5. The second-order valence-corrected chi connectivity index (χ2v) is 5.01. The van der Waals surface area contributed by atoms with E-state index in [0.717, 1.165) is 19.4 Å². The Labute approximate surface area is 104 Å². The molecule has 17 heavy (non-hydrogen) atoms. The van der Waals surface area contributed by atoms with Crippen molar-refractivity contribution in [1.29, 1.82) is 5.26 Å². The molecule has 1 aromatic carbocycles. The highest BCUT2D eigenvalue weighted by molar-refractivity contribution is 5.56. The van der Waals surface area contributed by atoms with Gasteiger partial charge in [0.1, 0.15) is 0 Å². The van der Waals surface area contributed by atoms with Crippen LogP contribution in [0.4, 0.5) is 5.69 Å². The molecule has 0 bridgehead atoms. The van der Waals surface area contributed by atoms with Crippen molar-refractivity contribution in [3.8, 4) is 6.07 Å². The van der Waals surface area contributed by atoms with Crippen molar-refractivity contribution in [1.82, 2.24) is 0 Å². The molecular formula is C15H20N2. The quantitative estimate of drug-likeness (QED) is 0.793. The van der Waals surface area contributed by atoms with Crippen molar-refractivity contribution in [2.75, 3.05) is 11.4 Å². The van der Waals surface area contributed by atoms with Gasteiger partial charge in [0.15, 0.2) is 0 Å². The molecule has 0 N–H and O–H groups in total. The lowest BCUT2D eigenvalue weighted by molar-refractivity contribution is 0.475. The highest BCUT2D eigenvalue weighted by Crippen LogP contribution is 2.32. The molecule has 2 rings (SSSR count). The van der Waals surface area contributed by atoms with Crippen LogP contribution in [0.3, 0.4) is 0 Å². The van der Waals surface area contributed by atoms with Gasteiger partial charge in [-0.25, -0.2) is 0 Å². The number of hydrogen-bond donors (Lipinski definition) is 0. The average molecular weight is 228 g/mol. The van der Waals surface area contributed by atoms with Crippen LogP contribution in [0.15, 0.2) is 24.3 Å². The van der Waals surface area contributed by atoms with Crippen LogP contribution in [0.1, 0.15) is 32.3 Å². The first-order valence-corrected chi connectivity index (χ1v) is 6.47. The largest absolute Gasteiger partial charge is 0.367 e. The van der Waals surface area contributed by atoms with E-state index in [1.165, 1.54) is 11.3 Å². The summed E-state index contributed by atoms with van der Waals surface area (Å²) < 4.78 is 0. The summed E-state index contributed by atoms with van der Waals surface area (Å²) in [5, 5.41) is 8.94. The summed E-state index contributed by atoms with van der Waals surface area (Å²) in [6.07, 6.45) is 2.82. The Morgan fingerprint density at radius 1 is 1.47 bits per heavy atom. The topological polar surface area (TPSA) is 27.0 Å². The van der Waals surface area contributed by atoms with Crippen LogP contribution in [0.2, 0.25) is 0 Å². The van der Waals surface area contributed by atoms with Crippen LogP contribution in [0, 0.1) is 17.2 Å². The Morgan fingerprint density at radius 3 is 2.94 bits per heavy atom. The molecule has 0 aliphatic carbocycles. The van der Waals surface area contributed by atoms with E-state index in [1.807, 2.05) is 0 Å². The monoisotopic (exact) mass is 228 g/mol. The maximum absolute atomic E-state index is 8.94. The van der Waals surface area contributed by atoms with Crippen molar-refractivity contribution in [3.05, 3.63) is 29.8 Å². The predicted octanol–water partition coefficient (Wildman–Crippen LogP) is 3.38. The Bertz CT molecular complexity index is 419. The first-order valence-electron chi connectivity index (χ1n) is 6.47. The highest BCUT2D eigenvalue weighted by atomic mass is 15.2. The van der Waals surface area contributed by atoms with E-state index in [0.29, 0.717) is 18.4 Å². The second-order valence-electron chi connectivity index (χ2n) is 5.01. The summed E-state index contributed by atoms with van der Waals surface area (Å²) >= 11 is 0. The summed E-state index contributed by atoms with van der Waals surface area (Å²) in [6.45, 7) is 5.54. The Balaban J connectivity index is 2.32. The molecule has 2 nitrogen and oxygen atoms in total. The van der Waals surface area contributed by atoms with Crippen molar-refractivity contribution >= 4 is 5.69 Å². The van der Waals surface area contributed by atoms with Gasteiger partial charge in [-0.15, -0.1) is 0 Å². The second kappa shape index (κ2) is 5.23. The zero-order valence-electron chi connectivity index (χ0n) is 10.7. The third kappa shape index (κ3) is 2.44.